The van der Waals surface area contributed by atoms with Crippen LogP contribution in [-0.2, 0) is 9.59 Å². The Bertz CT molecular complexity index is 1220. The summed E-state index contributed by atoms with van der Waals surface area (Å²) < 4.78 is 14.4. The Morgan fingerprint density at radius 1 is 0.914 bits per heavy atom. The zero-order valence-electron chi connectivity index (χ0n) is 19.6. The van der Waals surface area contributed by atoms with Crippen LogP contribution in [0.2, 0.25) is 0 Å². The van der Waals surface area contributed by atoms with E-state index in [0.29, 0.717) is 30.0 Å². The molecule has 0 radical (unpaired) electrons. The third-order valence-corrected chi connectivity index (χ3v) is 5.70. The molecule has 0 saturated carbocycles. The Balaban J connectivity index is 1.77. The lowest BCUT2D eigenvalue weighted by molar-refractivity contribution is -0.128. The highest BCUT2D eigenvalue weighted by Crippen LogP contribution is 2.38. The van der Waals surface area contributed by atoms with Crippen LogP contribution in [0.1, 0.15) is 20.3 Å². The lowest BCUT2D eigenvalue weighted by Crippen LogP contribution is -2.55. The van der Waals surface area contributed by atoms with Gasteiger partial charge in [-0.1, -0.05) is 50.2 Å². The molecule has 3 aromatic carbocycles. The van der Waals surface area contributed by atoms with Crippen molar-refractivity contribution in [1.82, 2.24) is 5.32 Å². The molecular formula is C27H27FN4O3. The van der Waals surface area contributed by atoms with E-state index < -0.39 is 29.7 Å². The highest BCUT2D eigenvalue weighted by Gasteiger charge is 2.42. The molecule has 2 N–H and O–H groups in total. The van der Waals surface area contributed by atoms with Gasteiger partial charge < -0.3 is 15.5 Å². The highest BCUT2D eigenvalue weighted by atomic mass is 19.1. The van der Waals surface area contributed by atoms with Crippen molar-refractivity contribution in [3.8, 4) is 0 Å². The van der Waals surface area contributed by atoms with E-state index in [1.54, 1.807) is 54.6 Å². The summed E-state index contributed by atoms with van der Waals surface area (Å²) in [5.41, 5.74) is 1.62. The van der Waals surface area contributed by atoms with Gasteiger partial charge in [0.15, 0.2) is 6.04 Å². The van der Waals surface area contributed by atoms with Crippen molar-refractivity contribution in [1.29, 1.82) is 0 Å². The van der Waals surface area contributed by atoms with Gasteiger partial charge in [0.1, 0.15) is 5.82 Å². The predicted octanol–water partition coefficient (Wildman–Crippen LogP) is 5.07. The topological polar surface area (TPSA) is 81.8 Å². The highest BCUT2D eigenvalue weighted by molar-refractivity contribution is 6.24. The summed E-state index contributed by atoms with van der Waals surface area (Å²) in [4.78, 5) is 43.1. The summed E-state index contributed by atoms with van der Waals surface area (Å²) in [6, 6.07) is 19.2. The van der Waals surface area contributed by atoms with Crippen LogP contribution in [0.4, 0.5) is 31.9 Å². The molecule has 1 aliphatic rings. The maximum absolute atomic E-state index is 14.4. The van der Waals surface area contributed by atoms with Crippen molar-refractivity contribution < 1.29 is 18.8 Å². The fourth-order valence-electron chi connectivity index (χ4n) is 3.94. The van der Waals surface area contributed by atoms with Crippen molar-refractivity contribution in [2.75, 3.05) is 21.7 Å². The molecule has 180 valence electrons. The van der Waals surface area contributed by atoms with E-state index in [2.05, 4.69) is 10.6 Å². The Morgan fingerprint density at radius 2 is 1.57 bits per heavy atom. The van der Waals surface area contributed by atoms with Crippen molar-refractivity contribution in [3.63, 3.8) is 0 Å². The molecule has 1 aliphatic heterocycles. The number of fused-ring (bicyclic) bond motifs is 1. The molecule has 1 heterocycles. The van der Waals surface area contributed by atoms with Gasteiger partial charge in [-0.2, -0.15) is 0 Å². The van der Waals surface area contributed by atoms with E-state index in [1.165, 1.54) is 28.0 Å². The van der Waals surface area contributed by atoms with Crippen LogP contribution >= 0.6 is 0 Å². The van der Waals surface area contributed by atoms with Crippen LogP contribution in [0, 0.1) is 11.7 Å². The number of nitrogens with zero attached hydrogens (tertiary/aromatic N) is 2. The lowest BCUT2D eigenvalue weighted by Gasteiger charge is -2.26. The Labute approximate surface area is 203 Å². The smallest absolute Gasteiger partial charge is 0.318 e. The van der Waals surface area contributed by atoms with Gasteiger partial charge >= 0.3 is 6.03 Å². The number of hydrogen-bond acceptors (Lipinski definition) is 3. The standard InChI is InChI=1S/C27H27FN4O3/c1-18(2)15-16-31-22-14-13-19(28)17-23(22)32(21-11-7-4-8-12-21)26(34)24(25(31)33)30-27(35)29-20-9-5-3-6-10-20/h3-14,17-18,24H,15-16H2,1-2H3,(H2,29,30,35). The van der Waals surface area contributed by atoms with Gasteiger partial charge in [0.2, 0.25) is 0 Å². The first-order valence-electron chi connectivity index (χ1n) is 11.5. The molecule has 0 saturated heterocycles. The number of benzene rings is 3. The monoisotopic (exact) mass is 474 g/mol. The van der Waals surface area contributed by atoms with Gasteiger partial charge in [-0.25, -0.2) is 9.18 Å². The van der Waals surface area contributed by atoms with Gasteiger partial charge in [-0.3, -0.25) is 14.5 Å². The Hall–Kier alpha value is -4.20. The molecule has 35 heavy (non-hydrogen) atoms. The maximum Gasteiger partial charge on any atom is 0.320 e. The number of para-hydroxylation sites is 2. The number of halogens is 1. The second-order valence-corrected chi connectivity index (χ2v) is 8.71. The first-order valence-corrected chi connectivity index (χ1v) is 11.5. The normalized spacial score (nSPS) is 15.6. The Kier molecular flexibility index (Phi) is 7.10. The molecule has 7 nitrogen and oxygen atoms in total. The number of amides is 4. The van der Waals surface area contributed by atoms with E-state index in [9.17, 15) is 18.8 Å². The maximum atomic E-state index is 14.4. The van der Waals surface area contributed by atoms with Gasteiger partial charge in [0.25, 0.3) is 11.8 Å². The zero-order chi connectivity index (χ0) is 24.9. The fourth-order valence-corrected chi connectivity index (χ4v) is 3.94. The molecule has 1 unspecified atom stereocenters. The molecular weight excluding hydrogens is 447 g/mol. The number of carbonyl (C=O) groups is 3. The van der Waals surface area contributed by atoms with E-state index in [-0.39, 0.29) is 11.6 Å². The molecule has 0 bridgehead atoms. The Morgan fingerprint density at radius 3 is 2.23 bits per heavy atom. The number of hydrogen-bond donors (Lipinski definition) is 2. The number of nitrogens with one attached hydrogen (secondary N) is 2. The first kappa shape index (κ1) is 23.9. The number of urea groups is 1. The van der Waals surface area contributed by atoms with Gasteiger partial charge in [0.05, 0.1) is 11.4 Å². The lowest BCUT2D eigenvalue weighted by atomic mass is 10.1. The second-order valence-electron chi connectivity index (χ2n) is 8.71. The SMILES string of the molecule is CC(C)CCN1C(=O)C(NC(=O)Nc2ccccc2)C(=O)N(c2ccccc2)c2cc(F)ccc21. The summed E-state index contributed by atoms with van der Waals surface area (Å²) in [6.45, 7) is 4.36. The second kappa shape index (κ2) is 10.4. The minimum absolute atomic E-state index is 0.242. The summed E-state index contributed by atoms with van der Waals surface area (Å²) >= 11 is 0. The van der Waals surface area contributed by atoms with Gasteiger partial charge in [-0.15, -0.1) is 0 Å². The van der Waals surface area contributed by atoms with Crippen LogP contribution < -0.4 is 20.4 Å². The molecule has 4 rings (SSSR count). The van der Waals surface area contributed by atoms with Crippen LogP contribution in [0.5, 0.6) is 0 Å². The summed E-state index contributed by atoms with van der Waals surface area (Å²) in [6.07, 6.45) is 0.658. The minimum Gasteiger partial charge on any atom is -0.318 e. The average molecular weight is 475 g/mol. The van der Waals surface area contributed by atoms with Crippen LogP contribution in [0.15, 0.2) is 78.9 Å². The van der Waals surface area contributed by atoms with Gasteiger partial charge in [0, 0.05) is 24.0 Å². The van der Waals surface area contributed by atoms with E-state index in [0.717, 1.165) is 0 Å². The van der Waals surface area contributed by atoms with E-state index in [4.69, 9.17) is 0 Å². The summed E-state index contributed by atoms with van der Waals surface area (Å²) in [7, 11) is 0. The minimum atomic E-state index is -1.51. The van der Waals surface area contributed by atoms with Crippen molar-refractivity contribution in [2.45, 2.75) is 26.3 Å². The average Bonchev–Trinajstić information content (AvgIpc) is 2.92. The number of rotatable bonds is 6. The zero-order valence-corrected chi connectivity index (χ0v) is 19.6. The third kappa shape index (κ3) is 5.32. The van der Waals surface area contributed by atoms with Crippen LogP contribution in [0.3, 0.4) is 0 Å². The van der Waals surface area contributed by atoms with Crippen molar-refractivity contribution in [3.05, 3.63) is 84.7 Å². The summed E-state index contributed by atoms with van der Waals surface area (Å²) in [5.74, 6) is -1.51. The summed E-state index contributed by atoms with van der Waals surface area (Å²) in [5, 5.41) is 5.20. The van der Waals surface area contributed by atoms with Crippen molar-refractivity contribution in [2.24, 2.45) is 5.92 Å². The quantitative estimate of drug-likeness (QED) is 0.489. The van der Waals surface area contributed by atoms with Crippen LogP contribution in [-0.4, -0.2) is 30.4 Å². The third-order valence-electron chi connectivity index (χ3n) is 5.70. The van der Waals surface area contributed by atoms with Crippen molar-refractivity contribution >= 4 is 40.6 Å². The molecule has 3 aromatic rings. The number of anilines is 4. The first-order chi connectivity index (χ1) is 16.8. The molecule has 0 aromatic heterocycles. The molecule has 1 atom stereocenters. The van der Waals surface area contributed by atoms with E-state index in [1.807, 2.05) is 19.9 Å². The molecule has 0 fully saturated rings. The fraction of sp³-hybridized carbons (Fsp3) is 0.222. The molecule has 0 spiro atoms. The molecule has 8 heteroatoms. The van der Waals surface area contributed by atoms with Gasteiger partial charge in [-0.05, 0) is 48.7 Å². The number of carbonyl (C=O) groups excluding carboxylic acids is 3. The molecule has 0 aliphatic carbocycles. The largest absolute Gasteiger partial charge is 0.320 e. The predicted molar refractivity (Wildman–Crippen MR) is 134 cm³/mol. The molecule has 4 amide bonds. The van der Waals surface area contributed by atoms with Crippen LogP contribution in [0.25, 0.3) is 0 Å². The van der Waals surface area contributed by atoms with E-state index >= 15 is 0 Å².